The molecule has 2 N–H and O–H groups in total. The van der Waals surface area contributed by atoms with Crippen LogP contribution in [0.3, 0.4) is 0 Å². The van der Waals surface area contributed by atoms with Crippen LogP contribution in [0.5, 0.6) is 0 Å². The van der Waals surface area contributed by atoms with Gasteiger partial charge in [-0.05, 0) is 24.3 Å². The average Bonchev–Trinajstić information content (AvgIpc) is 2.47. The van der Waals surface area contributed by atoms with Crippen LogP contribution in [0.1, 0.15) is 16.8 Å². The van der Waals surface area contributed by atoms with E-state index >= 15 is 0 Å². The van der Waals surface area contributed by atoms with Gasteiger partial charge in [0.15, 0.2) is 0 Å². The van der Waals surface area contributed by atoms with Crippen LogP contribution in [0.25, 0.3) is 0 Å². The van der Waals surface area contributed by atoms with E-state index < -0.39 is 0 Å². The highest BCUT2D eigenvalue weighted by Gasteiger charge is 2.04. The summed E-state index contributed by atoms with van der Waals surface area (Å²) in [5.41, 5.74) is 1.35. The van der Waals surface area contributed by atoms with Crippen molar-refractivity contribution in [1.29, 1.82) is 0 Å². The summed E-state index contributed by atoms with van der Waals surface area (Å²) < 4.78 is 9.45. The highest BCUT2D eigenvalue weighted by atomic mass is 16.5. The molecule has 0 spiro atoms. The summed E-state index contributed by atoms with van der Waals surface area (Å²) in [7, 11) is 2.93. The number of amides is 1. The van der Waals surface area contributed by atoms with Crippen molar-refractivity contribution in [2.24, 2.45) is 0 Å². The Labute approximate surface area is 118 Å². The van der Waals surface area contributed by atoms with Crippen LogP contribution in [-0.2, 0) is 14.3 Å². The summed E-state index contributed by atoms with van der Waals surface area (Å²) in [6.45, 7) is 1.55. The lowest BCUT2D eigenvalue weighted by Crippen LogP contribution is -2.28. The second-order valence-electron chi connectivity index (χ2n) is 4.09. The van der Waals surface area contributed by atoms with Crippen LogP contribution in [-0.4, -0.2) is 45.8 Å². The number of nitrogens with one attached hydrogen (secondary N) is 2. The summed E-state index contributed by atoms with van der Waals surface area (Å²) in [4.78, 5) is 22.7. The zero-order valence-electron chi connectivity index (χ0n) is 11.8. The highest BCUT2D eigenvalue weighted by Crippen LogP contribution is 2.10. The zero-order chi connectivity index (χ0) is 14.8. The first kappa shape index (κ1) is 16.0. The van der Waals surface area contributed by atoms with E-state index in [4.69, 9.17) is 4.74 Å². The van der Waals surface area contributed by atoms with E-state index in [1.165, 1.54) is 7.11 Å². The maximum Gasteiger partial charge on any atom is 0.337 e. The Hall–Kier alpha value is -2.08. The Morgan fingerprint density at radius 2 is 1.80 bits per heavy atom. The van der Waals surface area contributed by atoms with Gasteiger partial charge in [-0.3, -0.25) is 4.79 Å². The maximum absolute atomic E-state index is 11.4. The van der Waals surface area contributed by atoms with Crippen molar-refractivity contribution in [2.75, 3.05) is 39.2 Å². The largest absolute Gasteiger partial charge is 0.465 e. The molecule has 1 rings (SSSR count). The minimum Gasteiger partial charge on any atom is -0.465 e. The summed E-state index contributed by atoms with van der Waals surface area (Å²) in [6, 6.07) is 6.89. The van der Waals surface area contributed by atoms with Gasteiger partial charge in [0, 0.05) is 32.3 Å². The van der Waals surface area contributed by atoms with Gasteiger partial charge in [-0.2, -0.15) is 0 Å². The van der Waals surface area contributed by atoms with Gasteiger partial charge in [-0.25, -0.2) is 4.79 Å². The fraction of sp³-hybridized carbons (Fsp3) is 0.429. The fourth-order valence-electron chi connectivity index (χ4n) is 1.54. The predicted molar refractivity (Wildman–Crippen MR) is 75.8 cm³/mol. The molecule has 0 saturated heterocycles. The van der Waals surface area contributed by atoms with Gasteiger partial charge >= 0.3 is 5.97 Å². The molecule has 0 atom stereocenters. The molecule has 1 aromatic carbocycles. The molecule has 0 fully saturated rings. The lowest BCUT2D eigenvalue weighted by atomic mass is 10.2. The Balaban J connectivity index is 2.28. The number of benzene rings is 1. The van der Waals surface area contributed by atoms with Crippen LogP contribution in [0, 0.1) is 0 Å². The van der Waals surface area contributed by atoms with Gasteiger partial charge in [-0.1, -0.05) is 0 Å². The van der Waals surface area contributed by atoms with Crippen LogP contribution in [0.2, 0.25) is 0 Å². The SMILES string of the molecule is COCCNC(=O)CCNc1ccc(C(=O)OC)cc1. The Morgan fingerprint density at radius 1 is 1.10 bits per heavy atom. The third-order valence-electron chi connectivity index (χ3n) is 2.62. The van der Waals surface area contributed by atoms with Crippen molar-refractivity contribution >= 4 is 17.6 Å². The normalized spacial score (nSPS) is 9.90. The van der Waals surface area contributed by atoms with Gasteiger partial charge in [-0.15, -0.1) is 0 Å². The summed E-state index contributed by atoms with van der Waals surface area (Å²) >= 11 is 0. The molecule has 0 unspecified atom stereocenters. The monoisotopic (exact) mass is 280 g/mol. The average molecular weight is 280 g/mol. The molecule has 0 aliphatic carbocycles. The van der Waals surface area contributed by atoms with E-state index in [0.29, 0.717) is 31.7 Å². The molecular formula is C14H20N2O4. The van der Waals surface area contributed by atoms with Crippen molar-refractivity contribution in [3.63, 3.8) is 0 Å². The van der Waals surface area contributed by atoms with E-state index in [1.54, 1.807) is 31.4 Å². The third kappa shape index (κ3) is 5.71. The fourth-order valence-corrected chi connectivity index (χ4v) is 1.54. The first-order valence-electron chi connectivity index (χ1n) is 6.35. The van der Waals surface area contributed by atoms with Crippen LogP contribution in [0.15, 0.2) is 24.3 Å². The lowest BCUT2D eigenvalue weighted by Gasteiger charge is -2.07. The third-order valence-corrected chi connectivity index (χ3v) is 2.62. The van der Waals surface area contributed by atoms with E-state index in [0.717, 1.165) is 5.69 Å². The first-order valence-corrected chi connectivity index (χ1v) is 6.35. The van der Waals surface area contributed by atoms with Crippen molar-refractivity contribution < 1.29 is 19.1 Å². The van der Waals surface area contributed by atoms with Gasteiger partial charge in [0.05, 0.1) is 19.3 Å². The van der Waals surface area contributed by atoms with E-state index in [9.17, 15) is 9.59 Å². The number of rotatable bonds is 8. The number of hydrogen-bond acceptors (Lipinski definition) is 5. The zero-order valence-corrected chi connectivity index (χ0v) is 11.8. The molecule has 110 valence electrons. The summed E-state index contributed by atoms with van der Waals surface area (Å²) in [5.74, 6) is -0.394. The number of carbonyl (C=O) groups excluding carboxylic acids is 2. The highest BCUT2D eigenvalue weighted by molar-refractivity contribution is 5.89. The molecule has 0 aliphatic rings. The van der Waals surface area contributed by atoms with Crippen LogP contribution < -0.4 is 10.6 Å². The van der Waals surface area contributed by atoms with Crippen molar-refractivity contribution in [1.82, 2.24) is 5.32 Å². The number of esters is 1. The number of carbonyl (C=O) groups is 2. The quantitative estimate of drug-likeness (QED) is 0.549. The summed E-state index contributed by atoms with van der Waals surface area (Å²) in [6.07, 6.45) is 0.377. The molecule has 0 aliphatic heterocycles. The van der Waals surface area contributed by atoms with Gasteiger partial charge < -0.3 is 20.1 Å². The Bertz CT molecular complexity index is 431. The molecule has 6 heteroatoms. The van der Waals surface area contributed by atoms with E-state index in [1.807, 2.05) is 0 Å². The second-order valence-corrected chi connectivity index (χ2v) is 4.09. The van der Waals surface area contributed by atoms with E-state index in [-0.39, 0.29) is 11.9 Å². The number of hydrogen-bond donors (Lipinski definition) is 2. The maximum atomic E-state index is 11.4. The number of anilines is 1. The molecule has 1 amide bonds. The predicted octanol–water partition coefficient (Wildman–Crippen LogP) is 1.04. The minimum atomic E-state index is -0.367. The van der Waals surface area contributed by atoms with Crippen molar-refractivity contribution in [3.8, 4) is 0 Å². The van der Waals surface area contributed by atoms with Gasteiger partial charge in [0.25, 0.3) is 0 Å². The molecule has 0 saturated carbocycles. The smallest absolute Gasteiger partial charge is 0.337 e. The molecule has 0 heterocycles. The van der Waals surface area contributed by atoms with E-state index in [2.05, 4.69) is 15.4 Å². The molecule has 0 radical (unpaired) electrons. The van der Waals surface area contributed by atoms with Gasteiger partial charge in [0.1, 0.15) is 0 Å². The number of methoxy groups -OCH3 is 2. The Morgan fingerprint density at radius 3 is 2.40 bits per heavy atom. The molecule has 0 bridgehead atoms. The van der Waals surface area contributed by atoms with Crippen LogP contribution >= 0.6 is 0 Å². The number of ether oxygens (including phenoxy) is 2. The summed E-state index contributed by atoms with van der Waals surface area (Å²) in [5, 5.41) is 5.84. The lowest BCUT2D eigenvalue weighted by molar-refractivity contribution is -0.121. The van der Waals surface area contributed by atoms with Crippen LogP contribution in [0.4, 0.5) is 5.69 Å². The standard InChI is InChI=1S/C14H20N2O4/c1-19-10-9-16-13(17)7-8-15-12-5-3-11(4-6-12)14(18)20-2/h3-6,15H,7-10H2,1-2H3,(H,16,17). The van der Waals surface area contributed by atoms with Crippen molar-refractivity contribution in [2.45, 2.75) is 6.42 Å². The molecule has 0 aromatic heterocycles. The van der Waals surface area contributed by atoms with Crippen molar-refractivity contribution in [3.05, 3.63) is 29.8 Å². The first-order chi connectivity index (χ1) is 9.67. The molecular weight excluding hydrogens is 260 g/mol. The molecule has 20 heavy (non-hydrogen) atoms. The second kappa shape index (κ2) is 8.92. The minimum absolute atomic E-state index is 0.0271. The molecule has 6 nitrogen and oxygen atoms in total. The topological polar surface area (TPSA) is 76.7 Å². The Kier molecular flexibility index (Phi) is 7.13. The van der Waals surface area contributed by atoms with Gasteiger partial charge in [0.2, 0.25) is 5.91 Å². The molecule has 1 aromatic rings.